The molecule has 1 atom stereocenters. The predicted octanol–water partition coefficient (Wildman–Crippen LogP) is 19.0. The third-order valence-corrected chi connectivity index (χ3v) is 14.2. The maximum atomic E-state index is 3.97. The Hall–Kier alpha value is -7.94. The summed E-state index contributed by atoms with van der Waals surface area (Å²) in [6.07, 6.45) is 10.5. The van der Waals surface area contributed by atoms with Gasteiger partial charge in [0, 0.05) is 39.5 Å². The van der Waals surface area contributed by atoms with Gasteiger partial charge in [-0.2, -0.15) is 0 Å². The van der Waals surface area contributed by atoms with Crippen molar-refractivity contribution in [3.05, 3.63) is 265 Å². The number of nitrogens with zero attached hydrogens (tertiary/aromatic N) is 2. The minimum absolute atomic E-state index is 0.283. The molecule has 9 aromatic carbocycles. The molecule has 9 aromatic rings. The maximum Gasteiger partial charge on any atom is 0.0491 e. The lowest BCUT2D eigenvalue weighted by atomic mass is 9.70. The van der Waals surface area contributed by atoms with Crippen LogP contribution in [0.1, 0.15) is 72.4 Å². The van der Waals surface area contributed by atoms with Crippen LogP contribution in [-0.2, 0) is 11.8 Å². The number of fused-ring (bicyclic) bond motifs is 3. The van der Waals surface area contributed by atoms with Gasteiger partial charge >= 0.3 is 0 Å². The lowest BCUT2D eigenvalue weighted by molar-refractivity contribution is 0.447. The molecule has 0 bridgehead atoms. The summed E-state index contributed by atoms with van der Waals surface area (Å²) in [4.78, 5) is 4.90. The molecular weight excluding hydrogens is 833 g/mol. The molecule has 0 heterocycles. The van der Waals surface area contributed by atoms with Crippen molar-refractivity contribution in [1.29, 1.82) is 0 Å². The smallest absolute Gasteiger partial charge is 0.0491 e. The van der Waals surface area contributed by atoms with Crippen molar-refractivity contribution in [3.8, 4) is 33.4 Å². The Kier molecular flexibility index (Phi) is 13.1. The summed E-state index contributed by atoms with van der Waals surface area (Å²) in [6.45, 7) is 12.5. The Balaban J connectivity index is 1.15. The first-order chi connectivity index (χ1) is 34.0. The van der Waals surface area contributed by atoms with E-state index in [1.807, 2.05) is 12.2 Å². The Bertz CT molecular complexity index is 3150. The SMILES string of the molecule is C=Cc1ccc(-c2ccc(N(c3ccc4c(c3)C(CCCCCC)(Cc3ccccc3)c3cc(N(c5ccccc5)c5ccccc5)ccc3-4)c3ccc(-c4ccc(C=C)cc4)cc3C)cc2)cc1. The average Bonchev–Trinajstić information content (AvgIpc) is 3.66. The van der Waals surface area contributed by atoms with Crippen molar-refractivity contribution in [2.75, 3.05) is 9.80 Å². The summed E-state index contributed by atoms with van der Waals surface area (Å²) in [5.74, 6) is 0. The summed E-state index contributed by atoms with van der Waals surface area (Å²) >= 11 is 0. The number of unbranched alkanes of at least 4 members (excludes halogenated alkanes) is 3. The number of hydrogen-bond acceptors (Lipinski definition) is 2. The van der Waals surface area contributed by atoms with Crippen LogP contribution in [0, 0.1) is 6.92 Å². The highest BCUT2D eigenvalue weighted by Gasteiger charge is 2.44. The van der Waals surface area contributed by atoms with Gasteiger partial charge in [-0.1, -0.05) is 204 Å². The quantitative estimate of drug-likeness (QED) is 0.0841. The van der Waals surface area contributed by atoms with Crippen LogP contribution in [0.2, 0.25) is 0 Å². The number of anilines is 6. The molecule has 0 radical (unpaired) electrons. The lowest BCUT2D eigenvalue weighted by Crippen LogP contribution is -2.29. The van der Waals surface area contributed by atoms with E-state index in [1.165, 1.54) is 80.6 Å². The molecule has 0 aromatic heterocycles. The second-order valence-electron chi connectivity index (χ2n) is 18.6. The molecule has 69 heavy (non-hydrogen) atoms. The fourth-order valence-corrected chi connectivity index (χ4v) is 10.6. The molecule has 1 unspecified atom stereocenters. The first kappa shape index (κ1) is 44.9. The summed E-state index contributed by atoms with van der Waals surface area (Å²) in [5.41, 5.74) is 21.6. The zero-order valence-corrected chi connectivity index (χ0v) is 40.0. The summed E-state index contributed by atoms with van der Waals surface area (Å²) in [5, 5.41) is 0. The van der Waals surface area contributed by atoms with E-state index in [1.54, 1.807) is 0 Å². The third kappa shape index (κ3) is 9.11. The van der Waals surface area contributed by atoms with Gasteiger partial charge in [-0.3, -0.25) is 0 Å². The van der Waals surface area contributed by atoms with Gasteiger partial charge in [0.25, 0.3) is 0 Å². The summed E-state index contributed by atoms with van der Waals surface area (Å²) in [6, 6.07) is 80.7. The molecule has 1 aliphatic rings. The molecule has 338 valence electrons. The van der Waals surface area contributed by atoms with E-state index >= 15 is 0 Å². The van der Waals surface area contributed by atoms with Crippen LogP contribution < -0.4 is 9.80 Å². The molecule has 0 N–H and O–H groups in total. The Morgan fingerprint density at radius 2 is 0.870 bits per heavy atom. The molecule has 0 aliphatic heterocycles. The standard InChI is InChI=1S/C67H60N2/c1-5-8-9-19-44-67(48-52-20-13-10-14-21-52)64-46-60(68(57-22-15-11-16-23-57)58-24-17-12-18-25-58)39-41-62(64)63-42-40-61(47-65(63)67)69(59-37-34-54(35-38-59)53-30-26-50(6-2)27-31-53)66-43-36-56(45-49(66)4)55-32-28-51(7-3)29-33-55/h6-7,10-18,20-43,45-47H,2-3,5,8-9,19,44,48H2,1,4H3. The molecular formula is C67H60N2. The van der Waals surface area contributed by atoms with Crippen molar-refractivity contribution >= 4 is 46.3 Å². The Labute approximate surface area is 410 Å². The van der Waals surface area contributed by atoms with E-state index in [4.69, 9.17) is 0 Å². The van der Waals surface area contributed by atoms with Gasteiger partial charge in [-0.05, 0) is 159 Å². The van der Waals surface area contributed by atoms with Crippen LogP contribution in [0.5, 0.6) is 0 Å². The zero-order valence-electron chi connectivity index (χ0n) is 40.0. The maximum absolute atomic E-state index is 3.97. The van der Waals surface area contributed by atoms with Crippen LogP contribution >= 0.6 is 0 Å². The van der Waals surface area contributed by atoms with E-state index < -0.39 is 0 Å². The largest absolute Gasteiger partial charge is 0.310 e. The van der Waals surface area contributed by atoms with E-state index in [9.17, 15) is 0 Å². The monoisotopic (exact) mass is 892 g/mol. The predicted molar refractivity (Wildman–Crippen MR) is 297 cm³/mol. The van der Waals surface area contributed by atoms with Gasteiger partial charge in [0.05, 0.1) is 0 Å². The van der Waals surface area contributed by atoms with E-state index in [0.29, 0.717) is 0 Å². The van der Waals surface area contributed by atoms with Gasteiger partial charge in [-0.25, -0.2) is 0 Å². The second-order valence-corrected chi connectivity index (χ2v) is 18.6. The minimum atomic E-state index is -0.283. The van der Waals surface area contributed by atoms with Crippen LogP contribution in [0.15, 0.2) is 232 Å². The first-order valence-corrected chi connectivity index (χ1v) is 24.7. The normalized spacial score (nSPS) is 13.6. The average molecular weight is 893 g/mol. The molecule has 1 aliphatic carbocycles. The molecule has 2 heteroatoms. The zero-order chi connectivity index (χ0) is 47.2. The molecule has 2 nitrogen and oxygen atoms in total. The number of benzene rings is 9. The van der Waals surface area contributed by atoms with Crippen LogP contribution in [0.3, 0.4) is 0 Å². The Morgan fingerprint density at radius 1 is 0.420 bits per heavy atom. The topological polar surface area (TPSA) is 6.48 Å². The highest BCUT2D eigenvalue weighted by atomic mass is 15.1. The molecule has 0 saturated heterocycles. The van der Waals surface area contributed by atoms with E-state index in [-0.39, 0.29) is 5.41 Å². The second kappa shape index (κ2) is 20.1. The van der Waals surface area contributed by atoms with Crippen molar-refractivity contribution in [3.63, 3.8) is 0 Å². The molecule has 0 amide bonds. The number of para-hydroxylation sites is 2. The summed E-state index contributed by atoms with van der Waals surface area (Å²) < 4.78 is 0. The number of hydrogen-bond donors (Lipinski definition) is 0. The molecule has 0 spiro atoms. The first-order valence-electron chi connectivity index (χ1n) is 24.7. The van der Waals surface area contributed by atoms with Crippen molar-refractivity contribution in [1.82, 2.24) is 0 Å². The van der Waals surface area contributed by atoms with E-state index in [0.717, 1.165) is 58.8 Å². The minimum Gasteiger partial charge on any atom is -0.310 e. The van der Waals surface area contributed by atoms with Crippen LogP contribution in [-0.4, -0.2) is 0 Å². The summed E-state index contributed by atoms with van der Waals surface area (Å²) in [7, 11) is 0. The Morgan fingerprint density at radius 3 is 1.38 bits per heavy atom. The van der Waals surface area contributed by atoms with Crippen molar-refractivity contribution in [2.45, 2.75) is 57.8 Å². The van der Waals surface area contributed by atoms with Gasteiger partial charge in [0.1, 0.15) is 0 Å². The third-order valence-electron chi connectivity index (χ3n) is 14.2. The highest BCUT2D eigenvalue weighted by Crippen LogP contribution is 2.56. The fourth-order valence-electron chi connectivity index (χ4n) is 10.6. The number of aryl methyl sites for hydroxylation is 1. The van der Waals surface area contributed by atoms with Crippen LogP contribution in [0.25, 0.3) is 45.5 Å². The molecule has 10 rings (SSSR count). The molecule has 0 saturated carbocycles. The number of rotatable bonds is 17. The molecule has 0 fully saturated rings. The van der Waals surface area contributed by atoms with Gasteiger partial charge in [0.2, 0.25) is 0 Å². The highest BCUT2D eigenvalue weighted by molar-refractivity contribution is 5.90. The van der Waals surface area contributed by atoms with Crippen LogP contribution in [0.4, 0.5) is 34.1 Å². The van der Waals surface area contributed by atoms with Crippen molar-refractivity contribution in [2.24, 2.45) is 0 Å². The van der Waals surface area contributed by atoms with Gasteiger partial charge in [-0.15, -0.1) is 0 Å². The fraction of sp³-hybridized carbons (Fsp3) is 0.134. The lowest BCUT2D eigenvalue weighted by Gasteiger charge is -2.35. The van der Waals surface area contributed by atoms with Gasteiger partial charge in [0.15, 0.2) is 0 Å². The van der Waals surface area contributed by atoms with Crippen molar-refractivity contribution < 1.29 is 0 Å². The van der Waals surface area contributed by atoms with E-state index in [2.05, 4.69) is 255 Å². The van der Waals surface area contributed by atoms with Gasteiger partial charge < -0.3 is 9.80 Å².